The van der Waals surface area contributed by atoms with Crippen LogP contribution in [0.3, 0.4) is 0 Å². The molecular formula is C28H28N4. The lowest BCUT2D eigenvalue weighted by atomic mass is 9.96. The molecule has 0 unspecified atom stereocenters. The predicted octanol–water partition coefficient (Wildman–Crippen LogP) is 8.08. The number of rotatable bonds is 4. The second-order valence-electron chi connectivity index (χ2n) is 8.38. The van der Waals surface area contributed by atoms with E-state index in [0.717, 1.165) is 56.1 Å². The third-order valence-corrected chi connectivity index (χ3v) is 5.94. The Kier molecular flexibility index (Phi) is 5.95. The minimum absolute atomic E-state index is 0.872. The molecule has 2 aromatic heterocycles. The first-order chi connectivity index (χ1) is 15.3. The molecule has 0 atom stereocenters. The van der Waals surface area contributed by atoms with Gasteiger partial charge in [-0.1, -0.05) is 24.3 Å². The molecule has 0 radical (unpaired) electrons. The zero-order valence-corrected chi connectivity index (χ0v) is 19.6. The van der Waals surface area contributed by atoms with Gasteiger partial charge in [0.1, 0.15) is 0 Å². The van der Waals surface area contributed by atoms with E-state index in [2.05, 4.69) is 72.2 Å². The topological polar surface area (TPSA) is 50.5 Å². The largest absolute Gasteiger partial charge is 0.261 e. The first-order valence-corrected chi connectivity index (χ1v) is 10.8. The number of hydrogen-bond acceptors (Lipinski definition) is 4. The summed E-state index contributed by atoms with van der Waals surface area (Å²) in [5, 5.41) is 9.29. The monoisotopic (exact) mass is 420 g/mol. The lowest BCUT2D eigenvalue weighted by molar-refractivity contribution is 1.16. The summed E-state index contributed by atoms with van der Waals surface area (Å²) in [6.45, 7) is 12.4. The fourth-order valence-electron chi connectivity index (χ4n) is 3.99. The fraction of sp³-hybridized carbons (Fsp3) is 0.214. The molecule has 0 saturated carbocycles. The van der Waals surface area contributed by atoms with Crippen molar-refractivity contribution < 1.29 is 0 Å². The number of benzene rings is 2. The Bertz CT molecular complexity index is 1230. The van der Waals surface area contributed by atoms with Crippen molar-refractivity contribution in [2.75, 3.05) is 0 Å². The predicted molar refractivity (Wildman–Crippen MR) is 132 cm³/mol. The number of aromatic nitrogens is 2. The summed E-state index contributed by atoms with van der Waals surface area (Å²) in [7, 11) is 0. The highest BCUT2D eigenvalue weighted by Gasteiger charge is 2.11. The molecule has 4 heteroatoms. The van der Waals surface area contributed by atoms with Crippen LogP contribution in [0.15, 0.2) is 71.2 Å². The van der Waals surface area contributed by atoms with Crippen LogP contribution < -0.4 is 0 Å². The van der Waals surface area contributed by atoms with Crippen LogP contribution in [0.5, 0.6) is 0 Å². The number of nitrogens with zero attached hydrogens (tertiary/aromatic N) is 4. The van der Waals surface area contributed by atoms with Gasteiger partial charge in [0.25, 0.3) is 0 Å². The van der Waals surface area contributed by atoms with Crippen molar-refractivity contribution in [3.63, 3.8) is 0 Å². The van der Waals surface area contributed by atoms with Gasteiger partial charge in [0, 0.05) is 23.8 Å². The maximum absolute atomic E-state index is 4.65. The lowest BCUT2D eigenvalue weighted by Crippen LogP contribution is -1.91. The Hall–Kier alpha value is -3.66. The highest BCUT2D eigenvalue weighted by Crippen LogP contribution is 2.35. The Morgan fingerprint density at radius 2 is 0.938 bits per heavy atom. The molecule has 4 aromatic rings. The van der Waals surface area contributed by atoms with Crippen LogP contribution in [0, 0.1) is 41.5 Å². The summed E-state index contributed by atoms with van der Waals surface area (Å²) in [5.74, 6) is 0. The number of hydrogen-bond donors (Lipinski definition) is 0. The molecule has 0 aliphatic carbocycles. The van der Waals surface area contributed by atoms with Gasteiger partial charge in [-0.05, 0) is 110 Å². The molecule has 0 saturated heterocycles. The Morgan fingerprint density at radius 1 is 0.531 bits per heavy atom. The first-order valence-electron chi connectivity index (χ1n) is 10.8. The average molecular weight is 421 g/mol. The van der Waals surface area contributed by atoms with Crippen molar-refractivity contribution in [1.29, 1.82) is 0 Å². The zero-order valence-electron chi connectivity index (χ0n) is 19.6. The van der Waals surface area contributed by atoms with E-state index in [1.54, 1.807) is 0 Å². The van der Waals surface area contributed by atoms with Gasteiger partial charge < -0.3 is 0 Å². The molecule has 0 aliphatic rings. The summed E-state index contributed by atoms with van der Waals surface area (Å²) >= 11 is 0. The van der Waals surface area contributed by atoms with E-state index in [-0.39, 0.29) is 0 Å². The van der Waals surface area contributed by atoms with Crippen molar-refractivity contribution in [3.8, 4) is 22.3 Å². The van der Waals surface area contributed by atoms with Crippen molar-refractivity contribution in [2.45, 2.75) is 41.5 Å². The minimum Gasteiger partial charge on any atom is -0.261 e. The zero-order chi connectivity index (χ0) is 22.8. The molecule has 4 rings (SSSR count). The number of pyridine rings is 2. The molecule has 0 spiro atoms. The summed E-state index contributed by atoms with van der Waals surface area (Å²) in [5.41, 5.74) is 13.0. The molecule has 0 N–H and O–H groups in total. The van der Waals surface area contributed by atoms with Crippen LogP contribution >= 0.6 is 0 Å². The lowest BCUT2D eigenvalue weighted by Gasteiger charge is -2.12. The molecule has 2 aromatic carbocycles. The van der Waals surface area contributed by atoms with Crippen molar-refractivity contribution in [1.82, 2.24) is 9.97 Å². The van der Waals surface area contributed by atoms with Crippen molar-refractivity contribution in [3.05, 3.63) is 94.6 Å². The van der Waals surface area contributed by atoms with Gasteiger partial charge in [0.15, 0.2) is 0 Å². The molecule has 32 heavy (non-hydrogen) atoms. The molecule has 4 nitrogen and oxygen atoms in total. The molecule has 0 bridgehead atoms. The van der Waals surface area contributed by atoms with Gasteiger partial charge in [-0.15, -0.1) is 0 Å². The maximum atomic E-state index is 4.65. The fourth-order valence-corrected chi connectivity index (χ4v) is 3.99. The Balaban J connectivity index is 1.73. The van der Waals surface area contributed by atoms with Crippen LogP contribution in [-0.4, -0.2) is 9.97 Å². The van der Waals surface area contributed by atoms with Gasteiger partial charge >= 0.3 is 0 Å². The number of azo groups is 1. The summed E-state index contributed by atoms with van der Waals surface area (Å²) in [6.07, 6.45) is 3.85. The normalized spacial score (nSPS) is 11.3. The summed E-state index contributed by atoms with van der Waals surface area (Å²) in [6, 6.07) is 16.6. The van der Waals surface area contributed by atoms with Crippen LogP contribution in [0.1, 0.15) is 33.6 Å². The number of aryl methyl sites for hydroxylation is 4. The highest BCUT2D eigenvalue weighted by molar-refractivity contribution is 5.76. The van der Waals surface area contributed by atoms with Gasteiger partial charge in [0.2, 0.25) is 0 Å². The van der Waals surface area contributed by atoms with E-state index in [4.69, 9.17) is 0 Å². The average Bonchev–Trinajstić information content (AvgIpc) is 2.77. The molecule has 160 valence electrons. The smallest absolute Gasteiger partial charge is 0.0892 e. The standard InChI is InChI=1S/C28H28N4/c1-17-15-29-19(3)13-25(17)23-9-7-11-27(21(23)5)31-32-28-12-8-10-24(22(28)6)26-14-20(4)30-16-18(26)2/h7-16H,1-6H3. The Morgan fingerprint density at radius 3 is 1.34 bits per heavy atom. The van der Waals surface area contributed by atoms with E-state index in [1.807, 2.05) is 50.5 Å². The first kappa shape index (κ1) is 21.6. The van der Waals surface area contributed by atoms with Crippen LogP contribution in [0.25, 0.3) is 22.3 Å². The maximum Gasteiger partial charge on any atom is 0.0892 e. The van der Waals surface area contributed by atoms with Crippen LogP contribution in [0.2, 0.25) is 0 Å². The van der Waals surface area contributed by atoms with Gasteiger partial charge in [0.05, 0.1) is 11.4 Å². The SMILES string of the molecule is Cc1cc(-c2cccc(N=Nc3cccc(-c4cc(C)ncc4C)c3C)c2C)c(C)cn1. The second kappa shape index (κ2) is 8.83. The van der Waals surface area contributed by atoms with E-state index in [1.165, 1.54) is 11.1 Å². The van der Waals surface area contributed by atoms with Crippen LogP contribution in [-0.2, 0) is 0 Å². The van der Waals surface area contributed by atoms with Gasteiger partial charge in [-0.25, -0.2) is 0 Å². The van der Waals surface area contributed by atoms with E-state index in [0.29, 0.717) is 0 Å². The third kappa shape index (κ3) is 4.22. The Labute approximate surface area is 190 Å². The molecular weight excluding hydrogens is 392 g/mol. The van der Waals surface area contributed by atoms with Gasteiger partial charge in [-0.2, -0.15) is 10.2 Å². The molecule has 0 aliphatic heterocycles. The molecule has 0 fully saturated rings. The van der Waals surface area contributed by atoms with Crippen molar-refractivity contribution >= 4 is 11.4 Å². The van der Waals surface area contributed by atoms with Gasteiger partial charge in [-0.3, -0.25) is 9.97 Å². The van der Waals surface area contributed by atoms with E-state index < -0.39 is 0 Å². The van der Waals surface area contributed by atoms with Crippen LogP contribution in [0.4, 0.5) is 11.4 Å². The second-order valence-corrected chi connectivity index (χ2v) is 8.38. The highest BCUT2D eigenvalue weighted by atomic mass is 15.1. The van der Waals surface area contributed by atoms with Crippen molar-refractivity contribution in [2.24, 2.45) is 10.2 Å². The minimum atomic E-state index is 0.872. The molecule has 0 amide bonds. The quantitative estimate of drug-likeness (QED) is 0.313. The summed E-state index contributed by atoms with van der Waals surface area (Å²) < 4.78 is 0. The van der Waals surface area contributed by atoms with E-state index in [9.17, 15) is 0 Å². The molecule has 2 heterocycles. The third-order valence-electron chi connectivity index (χ3n) is 5.94. The summed E-state index contributed by atoms with van der Waals surface area (Å²) in [4.78, 5) is 8.80. The van der Waals surface area contributed by atoms with E-state index >= 15 is 0 Å².